The second-order valence-electron chi connectivity index (χ2n) is 4.31. The Morgan fingerprint density at radius 1 is 1.22 bits per heavy atom. The van der Waals surface area contributed by atoms with Crippen LogP contribution >= 0.6 is 0 Å². The van der Waals surface area contributed by atoms with Gasteiger partial charge in [0.2, 0.25) is 0 Å². The highest BCUT2D eigenvalue weighted by Crippen LogP contribution is 2.26. The van der Waals surface area contributed by atoms with E-state index in [4.69, 9.17) is 5.73 Å². The molecule has 5 nitrogen and oxygen atoms in total. The summed E-state index contributed by atoms with van der Waals surface area (Å²) in [5.74, 6) is 0.612. The van der Waals surface area contributed by atoms with Crippen molar-refractivity contribution in [3.05, 3.63) is 42.0 Å². The molecule has 0 unspecified atom stereocenters. The molecule has 90 valence electrons. The molecule has 0 saturated heterocycles. The highest BCUT2D eigenvalue weighted by molar-refractivity contribution is 5.73. The number of anilines is 1. The number of hydrogen-bond acceptors (Lipinski definition) is 4. The highest BCUT2D eigenvalue weighted by atomic mass is 15.1. The number of nitrogen functional groups attached to an aromatic ring is 1. The van der Waals surface area contributed by atoms with E-state index < -0.39 is 0 Å². The molecular formula is C13H13N5. The number of aromatic nitrogens is 4. The van der Waals surface area contributed by atoms with Crippen LogP contribution in [0.15, 0.2) is 30.7 Å². The fourth-order valence-electron chi connectivity index (χ4n) is 2.18. The Bertz CT molecular complexity index is 715. The molecule has 0 radical (unpaired) electrons. The van der Waals surface area contributed by atoms with Gasteiger partial charge in [-0.25, -0.2) is 15.0 Å². The first-order chi connectivity index (χ1) is 8.66. The number of nitrogens with two attached hydrogens (primary N) is 1. The summed E-state index contributed by atoms with van der Waals surface area (Å²) in [4.78, 5) is 12.6. The van der Waals surface area contributed by atoms with Crippen molar-refractivity contribution in [1.82, 2.24) is 19.4 Å². The Kier molecular flexibility index (Phi) is 2.26. The van der Waals surface area contributed by atoms with Crippen LogP contribution in [0.2, 0.25) is 0 Å². The number of imidazole rings is 1. The van der Waals surface area contributed by atoms with Crippen molar-refractivity contribution in [2.24, 2.45) is 0 Å². The summed E-state index contributed by atoms with van der Waals surface area (Å²) < 4.78 is 1.93. The molecule has 0 amide bonds. The molecule has 0 bridgehead atoms. The first-order valence-corrected chi connectivity index (χ1v) is 5.68. The van der Waals surface area contributed by atoms with E-state index in [9.17, 15) is 0 Å². The number of aryl methyl sites for hydroxylation is 2. The van der Waals surface area contributed by atoms with Crippen LogP contribution < -0.4 is 5.73 Å². The number of rotatable bonds is 1. The Morgan fingerprint density at radius 3 is 2.78 bits per heavy atom. The molecular weight excluding hydrogens is 226 g/mol. The standard InChI is InChI=1S/C13H13N5/c1-8-5-9(2)18-11(6-8)17-12(13(18)14)10-3-4-15-7-16-10/h3-7H,14H2,1-2H3. The van der Waals surface area contributed by atoms with Gasteiger partial charge in [-0.15, -0.1) is 0 Å². The number of fused-ring (bicyclic) bond motifs is 1. The maximum absolute atomic E-state index is 6.16. The normalized spacial score (nSPS) is 11.0. The average Bonchev–Trinajstić information content (AvgIpc) is 2.67. The molecule has 0 aliphatic carbocycles. The molecule has 5 heteroatoms. The minimum atomic E-state index is 0.612. The van der Waals surface area contributed by atoms with Crippen molar-refractivity contribution in [2.75, 3.05) is 5.73 Å². The molecule has 2 N–H and O–H groups in total. The second kappa shape index (κ2) is 3.80. The largest absolute Gasteiger partial charge is 0.383 e. The van der Waals surface area contributed by atoms with E-state index >= 15 is 0 Å². The van der Waals surface area contributed by atoms with Gasteiger partial charge < -0.3 is 5.73 Å². The van der Waals surface area contributed by atoms with Crippen molar-refractivity contribution in [1.29, 1.82) is 0 Å². The van der Waals surface area contributed by atoms with Gasteiger partial charge >= 0.3 is 0 Å². The molecule has 0 fully saturated rings. The zero-order valence-corrected chi connectivity index (χ0v) is 10.3. The third-order valence-corrected chi connectivity index (χ3v) is 2.91. The molecule has 3 aromatic heterocycles. The zero-order chi connectivity index (χ0) is 12.7. The number of hydrogen-bond donors (Lipinski definition) is 1. The maximum Gasteiger partial charge on any atom is 0.139 e. The lowest BCUT2D eigenvalue weighted by molar-refractivity contribution is 1.09. The summed E-state index contributed by atoms with van der Waals surface area (Å²) in [5.41, 5.74) is 10.7. The van der Waals surface area contributed by atoms with E-state index in [1.165, 1.54) is 11.9 Å². The third kappa shape index (κ3) is 1.52. The van der Waals surface area contributed by atoms with E-state index in [1.807, 2.05) is 24.3 Å². The van der Waals surface area contributed by atoms with Gasteiger partial charge in [-0.3, -0.25) is 4.40 Å². The predicted molar refractivity (Wildman–Crippen MR) is 70.1 cm³/mol. The van der Waals surface area contributed by atoms with E-state index in [-0.39, 0.29) is 0 Å². The number of pyridine rings is 1. The first-order valence-electron chi connectivity index (χ1n) is 5.68. The number of nitrogens with zero attached hydrogens (tertiary/aromatic N) is 4. The van der Waals surface area contributed by atoms with Gasteiger partial charge in [0.1, 0.15) is 23.5 Å². The average molecular weight is 239 g/mol. The van der Waals surface area contributed by atoms with Crippen molar-refractivity contribution >= 4 is 11.5 Å². The van der Waals surface area contributed by atoms with Gasteiger partial charge in [0, 0.05) is 11.9 Å². The predicted octanol–water partition coefficient (Wildman–Crippen LogP) is 1.99. The van der Waals surface area contributed by atoms with Crippen molar-refractivity contribution in [2.45, 2.75) is 13.8 Å². The van der Waals surface area contributed by atoms with Crippen LogP contribution in [0, 0.1) is 13.8 Å². The topological polar surface area (TPSA) is 69.1 Å². The molecule has 0 saturated carbocycles. The summed E-state index contributed by atoms with van der Waals surface area (Å²) in [6.45, 7) is 4.06. The van der Waals surface area contributed by atoms with Crippen LogP contribution in [0.5, 0.6) is 0 Å². The molecule has 0 atom stereocenters. The van der Waals surface area contributed by atoms with E-state index in [0.29, 0.717) is 11.5 Å². The van der Waals surface area contributed by atoms with Crippen LogP contribution in [-0.4, -0.2) is 19.4 Å². The molecule has 0 aliphatic heterocycles. The summed E-state index contributed by atoms with van der Waals surface area (Å²) in [6.07, 6.45) is 3.18. The molecule has 0 aromatic carbocycles. The van der Waals surface area contributed by atoms with Crippen LogP contribution in [-0.2, 0) is 0 Å². The van der Waals surface area contributed by atoms with Gasteiger partial charge in [-0.05, 0) is 37.6 Å². The molecule has 0 spiro atoms. The first kappa shape index (κ1) is 10.7. The van der Waals surface area contributed by atoms with E-state index in [0.717, 1.165) is 17.0 Å². The lowest BCUT2D eigenvalue weighted by atomic mass is 10.2. The third-order valence-electron chi connectivity index (χ3n) is 2.91. The fourth-order valence-corrected chi connectivity index (χ4v) is 2.18. The van der Waals surface area contributed by atoms with Crippen molar-refractivity contribution < 1.29 is 0 Å². The zero-order valence-electron chi connectivity index (χ0n) is 10.3. The van der Waals surface area contributed by atoms with Gasteiger partial charge in [0.15, 0.2) is 0 Å². The van der Waals surface area contributed by atoms with E-state index in [1.54, 1.807) is 12.3 Å². The summed E-state index contributed by atoms with van der Waals surface area (Å²) in [6, 6.07) is 5.89. The Hall–Kier alpha value is -2.43. The fraction of sp³-hybridized carbons (Fsp3) is 0.154. The summed E-state index contributed by atoms with van der Waals surface area (Å²) >= 11 is 0. The molecule has 3 aromatic rings. The highest BCUT2D eigenvalue weighted by Gasteiger charge is 2.13. The SMILES string of the molecule is Cc1cc(C)n2c(N)c(-c3ccncn3)nc2c1. The molecule has 3 heterocycles. The smallest absolute Gasteiger partial charge is 0.139 e. The molecule has 3 rings (SSSR count). The Labute approximate surface area is 104 Å². The minimum absolute atomic E-state index is 0.612. The quantitative estimate of drug-likeness (QED) is 0.705. The lowest BCUT2D eigenvalue weighted by Gasteiger charge is -2.03. The summed E-state index contributed by atoms with van der Waals surface area (Å²) in [5, 5.41) is 0. The van der Waals surface area contributed by atoms with Gasteiger partial charge in [-0.1, -0.05) is 0 Å². The Morgan fingerprint density at radius 2 is 2.06 bits per heavy atom. The summed E-state index contributed by atoms with van der Waals surface area (Å²) in [7, 11) is 0. The monoisotopic (exact) mass is 239 g/mol. The van der Waals surface area contributed by atoms with Crippen LogP contribution in [0.3, 0.4) is 0 Å². The van der Waals surface area contributed by atoms with Gasteiger partial charge in [-0.2, -0.15) is 0 Å². The molecule has 18 heavy (non-hydrogen) atoms. The second-order valence-corrected chi connectivity index (χ2v) is 4.31. The van der Waals surface area contributed by atoms with Gasteiger partial charge in [0.05, 0.1) is 5.69 Å². The maximum atomic E-state index is 6.16. The van der Waals surface area contributed by atoms with Gasteiger partial charge in [0.25, 0.3) is 0 Å². The van der Waals surface area contributed by atoms with Crippen molar-refractivity contribution in [3.63, 3.8) is 0 Å². The Balaban J connectivity index is 2.33. The van der Waals surface area contributed by atoms with Crippen LogP contribution in [0.4, 0.5) is 5.82 Å². The lowest BCUT2D eigenvalue weighted by Crippen LogP contribution is -1.98. The minimum Gasteiger partial charge on any atom is -0.383 e. The van der Waals surface area contributed by atoms with Crippen molar-refractivity contribution in [3.8, 4) is 11.4 Å². The van der Waals surface area contributed by atoms with Crippen LogP contribution in [0.1, 0.15) is 11.3 Å². The van der Waals surface area contributed by atoms with E-state index in [2.05, 4.69) is 21.0 Å². The van der Waals surface area contributed by atoms with Crippen LogP contribution in [0.25, 0.3) is 17.0 Å². The molecule has 0 aliphatic rings.